The first-order valence-corrected chi connectivity index (χ1v) is 6.51. The zero-order valence-corrected chi connectivity index (χ0v) is 11.8. The van der Waals surface area contributed by atoms with Crippen LogP contribution >= 0.6 is 15.9 Å². The van der Waals surface area contributed by atoms with E-state index in [4.69, 9.17) is 10.5 Å². The van der Waals surface area contributed by atoms with Gasteiger partial charge in [0.15, 0.2) is 0 Å². The van der Waals surface area contributed by atoms with E-state index in [0.29, 0.717) is 0 Å². The van der Waals surface area contributed by atoms with E-state index in [2.05, 4.69) is 27.0 Å². The number of methoxy groups -OCH3 is 1. The minimum Gasteiger partial charge on any atom is -0.496 e. The van der Waals surface area contributed by atoms with Gasteiger partial charge in [-0.15, -0.1) is 0 Å². The molecule has 2 N–H and O–H groups in total. The van der Waals surface area contributed by atoms with Crippen molar-refractivity contribution >= 4 is 21.6 Å². The molecular weight excluding hydrogens is 292 g/mol. The van der Waals surface area contributed by atoms with Gasteiger partial charge in [0, 0.05) is 22.6 Å². The molecule has 0 bridgehead atoms. The van der Waals surface area contributed by atoms with E-state index in [1.54, 1.807) is 13.3 Å². The Labute approximate surface area is 115 Å². The summed E-state index contributed by atoms with van der Waals surface area (Å²) in [5.74, 6) is 0.903. The van der Waals surface area contributed by atoms with Gasteiger partial charge in [-0.3, -0.25) is 4.98 Å². The van der Waals surface area contributed by atoms with Gasteiger partial charge in [-0.05, 0) is 48.2 Å². The Bertz CT molecular complexity index is 543. The summed E-state index contributed by atoms with van der Waals surface area (Å²) < 4.78 is 6.40. The van der Waals surface area contributed by atoms with Gasteiger partial charge in [-0.25, -0.2) is 0 Å². The number of ether oxygens (including phenoxy) is 1. The minimum absolute atomic E-state index is 0.791. The van der Waals surface area contributed by atoms with Gasteiger partial charge in [0.05, 0.1) is 7.11 Å². The third-order valence-corrected chi connectivity index (χ3v) is 3.34. The van der Waals surface area contributed by atoms with Crippen molar-refractivity contribution in [3.05, 3.63) is 52.3 Å². The number of anilines is 1. The van der Waals surface area contributed by atoms with E-state index < -0.39 is 0 Å². The zero-order chi connectivity index (χ0) is 13.0. The van der Waals surface area contributed by atoms with Crippen molar-refractivity contribution in [2.45, 2.75) is 12.8 Å². The molecule has 3 nitrogen and oxygen atoms in total. The monoisotopic (exact) mass is 306 g/mol. The smallest absolute Gasteiger partial charge is 0.122 e. The number of pyridine rings is 1. The number of nitrogen functional groups attached to an aromatic ring is 1. The van der Waals surface area contributed by atoms with Crippen molar-refractivity contribution in [3.8, 4) is 5.75 Å². The van der Waals surface area contributed by atoms with Crippen molar-refractivity contribution < 1.29 is 4.74 Å². The Hall–Kier alpha value is -1.55. The van der Waals surface area contributed by atoms with E-state index >= 15 is 0 Å². The zero-order valence-electron chi connectivity index (χ0n) is 10.2. The highest BCUT2D eigenvalue weighted by Crippen LogP contribution is 2.25. The summed E-state index contributed by atoms with van der Waals surface area (Å²) in [6, 6.07) is 7.84. The maximum atomic E-state index is 5.90. The first kappa shape index (κ1) is 12.9. The third kappa shape index (κ3) is 3.01. The van der Waals surface area contributed by atoms with E-state index in [9.17, 15) is 0 Å². The van der Waals surface area contributed by atoms with Gasteiger partial charge in [-0.1, -0.05) is 15.9 Å². The molecule has 0 saturated heterocycles. The maximum absolute atomic E-state index is 5.90. The number of hydrogen-bond acceptors (Lipinski definition) is 3. The first-order valence-electron chi connectivity index (χ1n) is 5.71. The van der Waals surface area contributed by atoms with Gasteiger partial charge in [0.1, 0.15) is 5.75 Å². The molecule has 2 aromatic rings. The molecule has 0 aliphatic carbocycles. The molecule has 0 aliphatic rings. The third-order valence-electron chi connectivity index (χ3n) is 2.85. The van der Waals surface area contributed by atoms with Crippen molar-refractivity contribution in [1.82, 2.24) is 4.98 Å². The summed E-state index contributed by atoms with van der Waals surface area (Å²) in [5, 5.41) is 0. The molecule has 0 unspecified atom stereocenters. The second kappa shape index (κ2) is 5.87. The van der Waals surface area contributed by atoms with Crippen LogP contribution in [0.2, 0.25) is 0 Å². The molecular formula is C14H15BrN2O. The number of rotatable bonds is 4. The lowest BCUT2D eigenvalue weighted by Crippen LogP contribution is -1.99. The fourth-order valence-electron chi connectivity index (χ4n) is 1.86. The lowest BCUT2D eigenvalue weighted by Gasteiger charge is -2.09. The number of hydrogen-bond donors (Lipinski definition) is 1. The molecule has 0 radical (unpaired) electrons. The number of aromatic nitrogens is 1. The highest BCUT2D eigenvalue weighted by molar-refractivity contribution is 9.10. The maximum Gasteiger partial charge on any atom is 0.122 e. The van der Waals surface area contributed by atoms with E-state index in [1.165, 1.54) is 0 Å². The molecule has 0 aliphatic heterocycles. The largest absolute Gasteiger partial charge is 0.496 e. The van der Waals surface area contributed by atoms with Gasteiger partial charge >= 0.3 is 0 Å². The van der Waals surface area contributed by atoms with Crippen LogP contribution < -0.4 is 10.5 Å². The summed E-state index contributed by atoms with van der Waals surface area (Å²) in [6.45, 7) is 0. The SMILES string of the molecule is COc1ccc(Br)cc1CCc1cnccc1N. The average Bonchev–Trinajstić information content (AvgIpc) is 2.38. The number of halogens is 1. The average molecular weight is 307 g/mol. The molecule has 2 rings (SSSR count). The molecule has 0 saturated carbocycles. The standard InChI is InChI=1S/C14H15BrN2O/c1-18-14-5-4-12(15)8-10(14)2-3-11-9-17-7-6-13(11)16/h4-9H,2-3H2,1H3,(H2,16,17). The second-order valence-corrected chi connectivity index (χ2v) is 4.95. The summed E-state index contributed by atoms with van der Waals surface area (Å²) >= 11 is 3.47. The molecule has 0 atom stereocenters. The molecule has 0 amide bonds. The molecule has 4 heteroatoms. The molecule has 1 aromatic carbocycles. The van der Waals surface area contributed by atoms with Crippen molar-refractivity contribution in [3.63, 3.8) is 0 Å². The molecule has 1 aromatic heterocycles. The molecule has 18 heavy (non-hydrogen) atoms. The van der Waals surface area contributed by atoms with Crippen LogP contribution in [0.3, 0.4) is 0 Å². The van der Waals surface area contributed by atoms with Gasteiger partial charge < -0.3 is 10.5 Å². The number of nitrogens with two attached hydrogens (primary N) is 1. The quantitative estimate of drug-likeness (QED) is 0.943. The Morgan fingerprint density at radius 1 is 1.22 bits per heavy atom. The fourth-order valence-corrected chi connectivity index (χ4v) is 2.27. The fraction of sp³-hybridized carbons (Fsp3) is 0.214. The predicted molar refractivity (Wildman–Crippen MR) is 76.8 cm³/mol. The summed E-state index contributed by atoms with van der Waals surface area (Å²) in [6.07, 6.45) is 5.25. The second-order valence-electron chi connectivity index (χ2n) is 4.03. The Morgan fingerprint density at radius 3 is 2.72 bits per heavy atom. The Morgan fingerprint density at radius 2 is 2.00 bits per heavy atom. The summed E-state index contributed by atoms with van der Waals surface area (Å²) in [7, 11) is 1.69. The van der Waals surface area contributed by atoms with Crippen LogP contribution in [0.5, 0.6) is 5.75 Å². The van der Waals surface area contributed by atoms with Crippen LogP contribution in [-0.4, -0.2) is 12.1 Å². The molecule has 0 fully saturated rings. The van der Waals surface area contributed by atoms with E-state index in [-0.39, 0.29) is 0 Å². The van der Waals surface area contributed by atoms with Gasteiger partial charge in [-0.2, -0.15) is 0 Å². The predicted octanol–water partition coefficient (Wildman–Crippen LogP) is 3.22. The molecule has 94 valence electrons. The number of nitrogens with zero attached hydrogens (tertiary/aromatic N) is 1. The summed E-state index contributed by atoms with van der Waals surface area (Å²) in [4.78, 5) is 4.10. The van der Waals surface area contributed by atoms with Gasteiger partial charge in [0.2, 0.25) is 0 Å². The highest BCUT2D eigenvalue weighted by Gasteiger charge is 2.05. The van der Waals surface area contributed by atoms with Crippen LogP contribution in [-0.2, 0) is 12.8 Å². The Kier molecular flexibility index (Phi) is 4.20. The van der Waals surface area contributed by atoms with Crippen LogP contribution in [0.4, 0.5) is 5.69 Å². The van der Waals surface area contributed by atoms with Gasteiger partial charge in [0.25, 0.3) is 0 Å². The summed E-state index contributed by atoms with van der Waals surface area (Å²) in [5.41, 5.74) is 8.93. The van der Waals surface area contributed by atoms with Crippen molar-refractivity contribution in [1.29, 1.82) is 0 Å². The lowest BCUT2D eigenvalue weighted by atomic mass is 10.0. The Balaban J connectivity index is 2.15. The van der Waals surface area contributed by atoms with Crippen LogP contribution in [0.1, 0.15) is 11.1 Å². The molecule has 0 spiro atoms. The van der Waals surface area contributed by atoms with Crippen molar-refractivity contribution in [2.75, 3.05) is 12.8 Å². The number of benzene rings is 1. The first-order chi connectivity index (χ1) is 8.70. The van der Waals surface area contributed by atoms with Crippen LogP contribution in [0.15, 0.2) is 41.1 Å². The minimum atomic E-state index is 0.791. The normalized spacial score (nSPS) is 10.3. The van der Waals surface area contributed by atoms with Crippen molar-refractivity contribution in [2.24, 2.45) is 0 Å². The highest BCUT2D eigenvalue weighted by atomic mass is 79.9. The van der Waals surface area contributed by atoms with E-state index in [0.717, 1.165) is 39.9 Å². The molecule has 1 heterocycles. The lowest BCUT2D eigenvalue weighted by molar-refractivity contribution is 0.409. The van der Waals surface area contributed by atoms with Crippen LogP contribution in [0.25, 0.3) is 0 Å². The topological polar surface area (TPSA) is 48.1 Å². The van der Waals surface area contributed by atoms with Crippen LogP contribution in [0, 0.1) is 0 Å². The number of aryl methyl sites for hydroxylation is 2. The van der Waals surface area contributed by atoms with E-state index in [1.807, 2.05) is 24.4 Å².